The van der Waals surface area contributed by atoms with Crippen LogP contribution in [0.3, 0.4) is 0 Å². The first-order valence-corrected chi connectivity index (χ1v) is 7.83. The molecule has 110 valence electrons. The van der Waals surface area contributed by atoms with E-state index in [9.17, 15) is 4.79 Å². The molecular formula is C16H29NO2. The van der Waals surface area contributed by atoms with Gasteiger partial charge in [0.15, 0.2) is 0 Å². The molecule has 1 aliphatic carbocycles. The largest absolute Gasteiger partial charge is 0.378 e. The third-order valence-electron chi connectivity index (χ3n) is 4.62. The molecule has 0 radical (unpaired) electrons. The topological polar surface area (TPSA) is 29.5 Å². The van der Waals surface area contributed by atoms with Crippen molar-refractivity contribution in [3.8, 4) is 0 Å². The lowest BCUT2D eigenvalue weighted by Crippen LogP contribution is -2.46. The van der Waals surface area contributed by atoms with E-state index in [2.05, 4.69) is 25.7 Å². The maximum Gasteiger partial charge on any atom is 0.133 e. The van der Waals surface area contributed by atoms with Gasteiger partial charge in [-0.05, 0) is 65.5 Å². The summed E-state index contributed by atoms with van der Waals surface area (Å²) in [5, 5.41) is 0. The Labute approximate surface area is 117 Å². The van der Waals surface area contributed by atoms with Crippen molar-refractivity contribution in [1.82, 2.24) is 4.90 Å². The highest BCUT2D eigenvalue weighted by molar-refractivity contribution is 5.79. The number of ether oxygens (including phenoxy) is 1. The van der Waals surface area contributed by atoms with Crippen molar-refractivity contribution in [2.45, 2.75) is 70.9 Å². The molecule has 3 nitrogen and oxygen atoms in total. The Hall–Kier alpha value is -0.410. The molecule has 0 aromatic rings. The maximum atomic E-state index is 11.2. The molecule has 1 saturated heterocycles. The van der Waals surface area contributed by atoms with E-state index in [0.29, 0.717) is 17.4 Å². The Morgan fingerprint density at radius 2 is 1.68 bits per heavy atom. The molecule has 0 aromatic carbocycles. The second-order valence-electron chi connectivity index (χ2n) is 7.17. The van der Waals surface area contributed by atoms with Gasteiger partial charge in [0.25, 0.3) is 0 Å². The Bertz CT molecular complexity index is 290. The predicted molar refractivity (Wildman–Crippen MR) is 77.3 cm³/mol. The van der Waals surface area contributed by atoms with Gasteiger partial charge in [0.2, 0.25) is 0 Å². The summed E-state index contributed by atoms with van der Waals surface area (Å²) in [4.78, 5) is 13.8. The molecule has 19 heavy (non-hydrogen) atoms. The number of carbonyl (C=O) groups is 1. The van der Waals surface area contributed by atoms with Crippen molar-refractivity contribution in [3.63, 3.8) is 0 Å². The lowest BCUT2D eigenvalue weighted by Gasteiger charge is -2.41. The molecule has 0 unspecified atom stereocenters. The van der Waals surface area contributed by atoms with Gasteiger partial charge in [-0.2, -0.15) is 0 Å². The van der Waals surface area contributed by atoms with E-state index in [-0.39, 0.29) is 0 Å². The molecule has 1 heterocycles. The Balaban J connectivity index is 1.65. The van der Waals surface area contributed by atoms with Gasteiger partial charge in [0.1, 0.15) is 5.78 Å². The molecule has 0 amide bonds. The van der Waals surface area contributed by atoms with Gasteiger partial charge in [-0.1, -0.05) is 0 Å². The van der Waals surface area contributed by atoms with Crippen LogP contribution in [0.15, 0.2) is 0 Å². The quantitative estimate of drug-likeness (QED) is 0.787. The molecule has 1 saturated carbocycles. The fourth-order valence-corrected chi connectivity index (χ4v) is 3.12. The zero-order valence-electron chi connectivity index (χ0n) is 12.8. The van der Waals surface area contributed by atoms with Crippen molar-refractivity contribution >= 4 is 5.78 Å². The van der Waals surface area contributed by atoms with Crippen molar-refractivity contribution < 1.29 is 9.53 Å². The molecule has 1 aliphatic heterocycles. The fourth-order valence-electron chi connectivity index (χ4n) is 3.12. The second-order valence-corrected chi connectivity index (χ2v) is 7.17. The normalized spacial score (nSPS) is 24.9. The molecule has 3 heteroatoms. The molecule has 0 aromatic heterocycles. The molecule has 2 fully saturated rings. The van der Waals surface area contributed by atoms with Gasteiger partial charge in [0, 0.05) is 25.0 Å². The number of hydrogen-bond acceptors (Lipinski definition) is 3. The van der Waals surface area contributed by atoms with Crippen LogP contribution in [0.5, 0.6) is 0 Å². The summed E-state index contributed by atoms with van der Waals surface area (Å²) in [6.07, 6.45) is 6.20. The first-order valence-electron chi connectivity index (χ1n) is 7.83. The highest BCUT2D eigenvalue weighted by atomic mass is 16.5. The van der Waals surface area contributed by atoms with E-state index in [1.54, 1.807) is 0 Å². The smallest absolute Gasteiger partial charge is 0.133 e. The number of rotatable bonds is 3. The van der Waals surface area contributed by atoms with Crippen LogP contribution >= 0.6 is 0 Å². The number of hydrogen-bond donors (Lipinski definition) is 0. The summed E-state index contributed by atoms with van der Waals surface area (Å²) >= 11 is 0. The molecule has 0 N–H and O–H groups in total. The zero-order valence-corrected chi connectivity index (χ0v) is 12.8. The Morgan fingerprint density at radius 1 is 1.11 bits per heavy atom. The van der Waals surface area contributed by atoms with Crippen LogP contribution in [0.4, 0.5) is 0 Å². The van der Waals surface area contributed by atoms with Gasteiger partial charge >= 0.3 is 0 Å². The minimum atomic E-state index is 0.301. The van der Waals surface area contributed by atoms with Crippen LogP contribution in [0.25, 0.3) is 0 Å². The van der Waals surface area contributed by atoms with Crippen LogP contribution in [-0.4, -0.2) is 42.0 Å². The molecule has 2 aliphatic rings. The monoisotopic (exact) mass is 267 g/mol. The number of carbonyl (C=O) groups excluding carboxylic acids is 1. The molecule has 0 spiro atoms. The minimum Gasteiger partial charge on any atom is -0.378 e. The Morgan fingerprint density at radius 3 is 2.21 bits per heavy atom. The number of nitrogens with zero attached hydrogens (tertiary/aromatic N) is 1. The van der Waals surface area contributed by atoms with Crippen molar-refractivity contribution in [2.75, 3.05) is 19.7 Å². The average molecular weight is 267 g/mol. The van der Waals surface area contributed by atoms with E-state index in [1.165, 1.54) is 25.9 Å². The van der Waals surface area contributed by atoms with Gasteiger partial charge in [-0.25, -0.2) is 0 Å². The average Bonchev–Trinajstić information content (AvgIpc) is 2.37. The van der Waals surface area contributed by atoms with Gasteiger partial charge in [0.05, 0.1) is 6.10 Å². The molecule has 2 rings (SSSR count). The number of ketones is 1. The van der Waals surface area contributed by atoms with E-state index >= 15 is 0 Å². The second kappa shape index (κ2) is 6.36. The first-order chi connectivity index (χ1) is 8.95. The summed E-state index contributed by atoms with van der Waals surface area (Å²) in [6, 6.07) is 0. The van der Waals surface area contributed by atoms with Crippen molar-refractivity contribution in [3.05, 3.63) is 0 Å². The van der Waals surface area contributed by atoms with E-state index < -0.39 is 0 Å². The SMILES string of the molecule is CC(C)(C)N1CCC(COC2CCC(=O)CC2)CC1. The highest BCUT2D eigenvalue weighted by Gasteiger charge is 2.28. The van der Waals surface area contributed by atoms with Crippen LogP contribution < -0.4 is 0 Å². The van der Waals surface area contributed by atoms with Crippen LogP contribution in [0, 0.1) is 5.92 Å². The van der Waals surface area contributed by atoms with Crippen LogP contribution in [0.1, 0.15) is 59.3 Å². The maximum absolute atomic E-state index is 11.2. The van der Waals surface area contributed by atoms with E-state index in [4.69, 9.17) is 4.74 Å². The summed E-state index contributed by atoms with van der Waals surface area (Å²) in [5.74, 6) is 1.13. The summed E-state index contributed by atoms with van der Waals surface area (Å²) in [7, 11) is 0. The van der Waals surface area contributed by atoms with Gasteiger partial charge in [-0.15, -0.1) is 0 Å². The minimum absolute atomic E-state index is 0.301. The van der Waals surface area contributed by atoms with E-state index in [1.807, 2.05) is 0 Å². The van der Waals surface area contributed by atoms with Crippen LogP contribution in [-0.2, 0) is 9.53 Å². The number of likely N-dealkylation sites (tertiary alicyclic amines) is 1. The summed E-state index contributed by atoms with van der Waals surface area (Å²) < 4.78 is 6.02. The standard InChI is InChI=1S/C16H29NO2/c1-16(2,3)17-10-8-13(9-11-17)12-19-15-6-4-14(18)5-7-15/h13,15H,4-12H2,1-3H3. The van der Waals surface area contributed by atoms with E-state index in [0.717, 1.165) is 38.2 Å². The molecule has 0 bridgehead atoms. The fraction of sp³-hybridized carbons (Fsp3) is 0.938. The molecular weight excluding hydrogens is 238 g/mol. The third kappa shape index (κ3) is 4.57. The summed E-state index contributed by atoms with van der Waals surface area (Å²) in [5.41, 5.74) is 0.301. The lowest BCUT2D eigenvalue weighted by atomic mass is 9.93. The summed E-state index contributed by atoms with van der Waals surface area (Å²) in [6.45, 7) is 10.2. The van der Waals surface area contributed by atoms with Crippen molar-refractivity contribution in [1.29, 1.82) is 0 Å². The number of Topliss-reactive ketones (excluding diaryl/α,β-unsaturated/α-hetero) is 1. The van der Waals surface area contributed by atoms with Crippen molar-refractivity contribution in [2.24, 2.45) is 5.92 Å². The van der Waals surface area contributed by atoms with Gasteiger partial charge in [-0.3, -0.25) is 9.69 Å². The van der Waals surface area contributed by atoms with Gasteiger partial charge < -0.3 is 4.74 Å². The molecule has 0 atom stereocenters. The zero-order chi connectivity index (χ0) is 13.9. The Kier molecular flexibility index (Phi) is 5.02. The first kappa shape index (κ1) is 15.0. The predicted octanol–water partition coefficient (Wildman–Crippen LogP) is 3.03. The third-order valence-corrected chi connectivity index (χ3v) is 4.62. The lowest BCUT2D eigenvalue weighted by molar-refractivity contribution is -0.123. The number of piperidine rings is 1. The van der Waals surface area contributed by atoms with Crippen LogP contribution in [0.2, 0.25) is 0 Å². The highest BCUT2D eigenvalue weighted by Crippen LogP contribution is 2.25.